The van der Waals surface area contributed by atoms with Gasteiger partial charge in [-0.1, -0.05) is 13.8 Å². The van der Waals surface area contributed by atoms with Crippen LogP contribution in [0.4, 0.5) is 5.95 Å². The molecule has 0 fully saturated rings. The zero-order chi connectivity index (χ0) is 18.7. The highest BCUT2D eigenvalue weighted by molar-refractivity contribution is 9.10. The van der Waals surface area contributed by atoms with Crippen LogP contribution in [-0.2, 0) is 6.54 Å². The molecule has 0 aromatic carbocycles. The van der Waals surface area contributed by atoms with Gasteiger partial charge in [0.25, 0.3) is 0 Å². The zero-order valence-electron chi connectivity index (χ0n) is 15.4. The molecule has 0 aliphatic heterocycles. The first-order chi connectivity index (χ1) is 11.9. The van der Waals surface area contributed by atoms with Crippen LogP contribution in [0.2, 0.25) is 0 Å². The van der Waals surface area contributed by atoms with E-state index >= 15 is 0 Å². The van der Waals surface area contributed by atoms with E-state index < -0.39 is 0 Å². The van der Waals surface area contributed by atoms with Gasteiger partial charge in [0.15, 0.2) is 5.65 Å². The smallest absolute Gasteiger partial charge is 0.223 e. The summed E-state index contributed by atoms with van der Waals surface area (Å²) in [5.74, 6) is 1.05. The molecular formula is C17H23BrN6O. The summed E-state index contributed by atoms with van der Waals surface area (Å²) in [5, 5.41) is 5.41. The van der Waals surface area contributed by atoms with Crippen molar-refractivity contribution >= 4 is 32.9 Å². The van der Waals surface area contributed by atoms with Crippen LogP contribution in [0.15, 0.2) is 10.8 Å². The molecule has 0 unspecified atom stereocenters. The molecule has 0 aliphatic carbocycles. The number of nitrogens with zero attached hydrogens (tertiary/aromatic N) is 5. The van der Waals surface area contributed by atoms with Crippen molar-refractivity contribution in [1.29, 1.82) is 0 Å². The minimum absolute atomic E-state index is 0.205. The van der Waals surface area contributed by atoms with Crippen LogP contribution in [0.5, 0.6) is 5.75 Å². The number of methoxy groups -OCH3 is 1. The number of ether oxygens (including phenoxy) is 1. The quantitative estimate of drug-likeness (QED) is 0.668. The van der Waals surface area contributed by atoms with Gasteiger partial charge in [-0.2, -0.15) is 10.1 Å². The van der Waals surface area contributed by atoms with E-state index in [9.17, 15) is 0 Å². The molecular weight excluding hydrogens is 384 g/mol. The van der Waals surface area contributed by atoms with Gasteiger partial charge in [0.2, 0.25) is 5.95 Å². The lowest BCUT2D eigenvalue weighted by atomic mass is 10.1. The van der Waals surface area contributed by atoms with Crippen LogP contribution in [0, 0.1) is 20.8 Å². The van der Waals surface area contributed by atoms with E-state index in [1.54, 1.807) is 18.0 Å². The SMILES string of the molecule is CC.COc1c(C)cnc(Cn2nc(C)c3c(Br)nc(N)nc32)c1C. The van der Waals surface area contributed by atoms with Gasteiger partial charge >= 0.3 is 0 Å². The van der Waals surface area contributed by atoms with Gasteiger partial charge in [0, 0.05) is 17.3 Å². The topological polar surface area (TPSA) is 91.7 Å². The van der Waals surface area contributed by atoms with E-state index in [4.69, 9.17) is 10.5 Å². The monoisotopic (exact) mass is 406 g/mol. The van der Waals surface area contributed by atoms with Gasteiger partial charge in [-0.25, -0.2) is 9.67 Å². The van der Waals surface area contributed by atoms with Crippen molar-refractivity contribution in [3.05, 3.63) is 33.3 Å². The van der Waals surface area contributed by atoms with Crippen molar-refractivity contribution in [3.63, 3.8) is 0 Å². The molecule has 3 rings (SSSR count). The molecule has 0 atom stereocenters. The largest absolute Gasteiger partial charge is 0.496 e. The Morgan fingerprint density at radius 1 is 1.20 bits per heavy atom. The molecule has 3 aromatic rings. The number of rotatable bonds is 3. The molecule has 0 spiro atoms. The Morgan fingerprint density at radius 2 is 1.88 bits per heavy atom. The Hall–Kier alpha value is -2.22. The Kier molecular flexibility index (Phi) is 5.94. The zero-order valence-corrected chi connectivity index (χ0v) is 17.0. The second-order valence-corrected chi connectivity index (χ2v) is 6.11. The Morgan fingerprint density at radius 3 is 2.52 bits per heavy atom. The van der Waals surface area contributed by atoms with Crippen molar-refractivity contribution in [3.8, 4) is 5.75 Å². The fourth-order valence-corrected chi connectivity index (χ4v) is 3.34. The number of anilines is 1. The number of fused-ring (bicyclic) bond motifs is 1. The van der Waals surface area contributed by atoms with E-state index in [-0.39, 0.29) is 5.95 Å². The average molecular weight is 407 g/mol. The first kappa shape index (κ1) is 19.1. The normalized spacial score (nSPS) is 10.5. The second kappa shape index (κ2) is 7.77. The van der Waals surface area contributed by atoms with E-state index in [0.29, 0.717) is 16.8 Å². The molecule has 7 nitrogen and oxygen atoms in total. The summed E-state index contributed by atoms with van der Waals surface area (Å²) in [4.78, 5) is 13.0. The molecule has 3 heterocycles. The number of hydrogen-bond acceptors (Lipinski definition) is 6. The van der Waals surface area contributed by atoms with Crippen LogP contribution >= 0.6 is 15.9 Å². The molecule has 0 radical (unpaired) electrons. The third-order valence-corrected chi connectivity index (χ3v) is 4.36. The summed E-state index contributed by atoms with van der Waals surface area (Å²) in [6, 6.07) is 0. The molecule has 25 heavy (non-hydrogen) atoms. The van der Waals surface area contributed by atoms with Crippen molar-refractivity contribution in [1.82, 2.24) is 24.7 Å². The van der Waals surface area contributed by atoms with Crippen molar-refractivity contribution in [2.75, 3.05) is 12.8 Å². The third-order valence-electron chi connectivity index (χ3n) is 3.79. The number of nitrogens with two attached hydrogens (primary N) is 1. The number of hydrogen-bond donors (Lipinski definition) is 1. The van der Waals surface area contributed by atoms with E-state index in [1.807, 2.05) is 34.6 Å². The highest BCUT2D eigenvalue weighted by Crippen LogP contribution is 2.27. The van der Waals surface area contributed by atoms with Crippen LogP contribution in [-0.4, -0.2) is 31.8 Å². The van der Waals surface area contributed by atoms with Gasteiger partial charge in [0.1, 0.15) is 10.4 Å². The van der Waals surface area contributed by atoms with Crippen molar-refractivity contribution in [2.45, 2.75) is 41.2 Å². The van der Waals surface area contributed by atoms with Gasteiger partial charge in [-0.05, 0) is 36.7 Å². The molecule has 0 aliphatic rings. The van der Waals surface area contributed by atoms with Crippen LogP contribution < -0.4 is 10.5 Å². The summed E-state index contributed by atoms with van der Waals surface area (Å²) in [7, 11) is 1.66. The maximum absolute atomic E-state index is 5.76. The predicted octanol–water partition coefficient (Wildman–Crippen LogP) is 3.57. The first-order valence-electron chi connectivity index (χ1n) is 8.07. The van der Waals surface area contributed by atoms with E-state index in [1.165, 1.54) is 0 Å². The van der Waals surface area contributed by atoms with Gasteiger partial charge < -0.3 is 10.5 Å². The van der Waals surface area contributed by atoms with E-state index in [0.717, 1.165) is 33.7 Å². The Balaban J connectivity index is 0.00000109. The van der Waals surface area contributed by atoms with Crippen LogP contribution in [0.3, 0.4) is 0 Å². The average Bonchev–Trinajstić information content (AvgIpc) is 2.88. The number of pyridine rings is 1. The molecule has 0 amide bonds. The highest BCUT2D eigenvalue weighted by Gasteiger charge is 2.17. The summed E-state index contributed by atoms with van der Waals surface area (Å²) < 4.78 is 7.90. The summed E-state index contributed by atoms with van der Waals surface area (Å²) in [6.45, 7) is 10.4. The summed E-state index contributed by atoms with van der Waals surface area (Å²) in [5.41, 5.74) is 10.2. The fourth-order valence-electron chi connectivity index (χ4n) is 2.70. The number of nitrogen functional groups attached to an aromatic ring is 1. The maximum Gasteiger partial charge on any atom is 0.223 e. The third kappa shape index (κ3) is 3.58. The second-order valence-electron chi connectivity index (χ2n) is 5.36. The number of aromatic nitrogens is 5. The molecule has 134 valence electrons. The maximum atomic E-state index is 5.76. The highest BCUT2D eigenvalue weighted by atomic mass is 79.9. The summed E-state index contributed by atoms with van der Waals surface area (Å²) >= 11 is 3.42. The lowest BCUT2D eigenvalue weighted by Gasteiger charge is -2.12. The number of aryl methyl sites for hydroxylation is 2. The minimum atomic E-state index is 0.205. The first-order valence-corrected chi connectivity index (χ1v) is 8.86. The Labute approximate surface area is 155 Å². The van der Waals surface area contributed by atoms with Crippen molar-refractivity contribution in [2.24, 2.45) is 0 Å². The van der Waals surface area contributed by atoms with Gasteiger partial charge in [0.05, 0.1) is 30.4 Å². The fraction of sp³-hybridized carbons (Fsp3) is 0.412. The number of halogens is 1. The molecule has 0 saturated heterocycles. The molecule has 0 bridgehead atoms. The van der Waals surface area contributed by atoms with Gasteiger partial charge in [-0.15, -0.1) is 0 Å². The molecule has 8 heteroatoms. The van der Waals surface area contributed by atoms with Gasteiger partial charge in [-0.3, -0.25) is 4.98 Å². The lowest BCUT2D eigenvalue weighted by molar-refractivity contribution is 0.406. The van der Waals surface area contributed by atoms with Crippen molar-refractivity contribution < 1.29 is 4.74 Å². The Bertz CT molecular complexity index is 906. The standard InChI is InChI=1S/C15H17BrN6O.C2H6/c1-7-5-18-10(8(2)12(7)23-4)6-22-14-11(9(3)21-22)13(16)19-15(17)20-14;1-2/h5H,6H2,1-4H3,(H2,17,19,20);1-2H3. The molecule has 2 N–H and O–H groups in total. The predicted molar refractivity (Wildman–Crippen MR) is 103 cm³/mol. The molecule has 3 aromatic heterocycles. The molecule has 0 saturated carbocycles. The van der Waals surface area contributed by atoms with Crippen LogP contribution in [0.25, 0.3) is 11.0 Å². The summed E-state index contributed by atoms with van der Waals surface area (Å²) in [6.07, 6.45) is 1.80. The van der Waals surface area contributed by atoms with E-state index in [2.05, 4.69) is 36.0 Å². The van der Waals surface area contributed by atoms with Crippen LogP contribution in [0.1, 0.15) is 36.4 Å². The minimum Gasteiger partial charge on any atom is -0.496 e. The lowest BCUT2D eigenvalue weighted by Crippen LogP contribution is -2.09.